The molecule has 0 amide bonds. The van der Waals surface area contributed by atoms with Gasteiger partial charge in [0.05, 0.1) is 0 Å². The van der Waals surface area contributed by atoms with Crippen molar-refractivity contribution in [1.82, 2.24) is 0 Å². The molecule has 0 radical (unpaired) electrons. The standard InChI is InChI=1S/C13H20BrN/c1-10(15)8-13(2,3)9-11-6-4-5-7-12(11)14/h4-7,10H,8-9,15H2,1-3H3. The largest absolute Gasteiger partial charge is 0.328 e. The minimum absolute atomic E-state index is 0.262. The van der Waals surface area contributed by atoms with E-state index in [2.05, 4.69) is 54.9 Å². The third-order valence-corrected chi connectivity index (χ3v) is 3.28. The van der Waals surface area contributed by atoms with Crippen LogP contribution in [0.5, 0.6) is 0 Å². The van der Waals surface area contributed by atoms with Crippen LogP contribution in [0.15, 0.2) is 28.7 Å². The second-order valence-corrected chi connectivity index (χ2v) is 5.97. The Balaban J connectivity index is 2.73. The van der Waals surface area contributed by atoms with Gasteiger partial charge in [-0.05, 0) is 36.8 Å². The van der Waals surface area contributed by atoms with Crippen molar-refractivity contribution in [3.63, 3.8) is 0 Å². The Bertz CT molecular complexity index is 318. The van der Waals surface area contributed by atoms with Crippen molar-refractivity contribution in [3.05, 3.63) is 34.3 Å². The van der Waals surface area contributed by atoms with Crippen LogP contribution in [0.25, 0.3) is 0 Å². The number of nitrogens with two attached hydrogens (primary N) is 1. The second-order valence-electron chi connectivity index (χ2n) is 5.11. The molecule has 1 aromatic carbocycles. The van der Waals surface area contributed by atoms with Gasteiger partial charge in [-0.3, -0.25) is 0 Å². The summed E-state index contributed by atoms with van der Waals surface area (Å²) in [4.78, 5) is 0. The zero-order valence-corrected chi connectivity index (χ0v) is 11.3. The summed E-state index contributed by atoms with van der Waals surface area (Å²) in [5.41, 5.74) is 7.48. The highest BCUT2D eigenvalue weighted by atomic mass is 79.9. The molecule has 1 unspecified atom stereocenters. The van der Waals surface area contributed by atoms with Crippen molar-refractivity contribution in [2.24, 2.45) is 11.1 Å². The third kappa shape index (κ3) is 4.35. The Hall–Kier alpha value is -0.340. The molecule has 1 rings (SSSR count). The molecule has 15 heavy (non-hydrogen) atoms. The summed E-state index contributed by atoms with van der Waals surface area (Å²) in [7, 11) is 0. The molecule has 0 spiro atoms. The van der Waals surface area contributed by atoms with E-state index in [1.807, 2.05) is 6.07 Å². The van der Waals surface area contributed by atoms with E-state index >= 15 is 0 Å². The molecule has 0 bridgehead atoms. The molecule has 2 heteroatoms. The lowest BCUT2D eigenvalue weighted by Crippen LogP contribution is -2.26. The molecule has 0 heterocycles. The average molecular weight is 270 g/mol. The maximum absolute atomic E-state index is 5.86. The molecule has 0 fully saturated rings. The van der Waals surface area contributed by atoms with Gasteiger partial charge in [0.25, 0.3) is 0 Å². The van der Waals surface area contributed by atoms with Gasteiger partial charge in [-0.2, -0.15) is 0 Å². The molecule has 0 saturated heterocycles. The summed E-state index contributed by atoms with van der Waals surface area (Å²) in [5, 5.41) is 0. The molecule has 0 aliphatic rings. The monoisotopic (exact) mass is 269 g/mol. The predicted octanol–water partition coefficient (Wildman–Crippen LogP) is 3.76. The van der Waals surface area contributed by atoms with Crippen LogP contribution in [0, 0.1) is 5.41 Å². The van der Waals surface area contributed by atoms with Gasteiger partial charge in [0.15, 0.2) is 0 Å². The minimum atomic E-state index is 0.262. The summed E-state index contributed by atoms with van der Waals surface area (Å²) in [6, 6.07) is 8.67. The molecular weight excluding hydrogens is 250 g/mol. The molecule has 1 aromatic rings. The van der Waals surface area contributed by atoms with Gasteiger partial charge in [0, 0.05) is 10.5 Å². The van der Waals surface area contributed by atoms with E-state index < -0.39 is 0 Å². The predicted molar refractivity (Wildman–Crippen MR) is 69.9 cm³/mol. The molecule has 0 aliphatic carbocycles. The highest BCUT2D eigenvalue weighted by Gasteiger charge is 2.20. The number of benzene rings is 1. The van der Waals surface area contributed by atoms with Crippen LogP contribution in [-0.2, 0) is 6.42 Å². The summed E-state index contributed by atoms with van der Waals surface area (Å²) < 4.78 is 1.20. The highest BCUT2D eigenvalue weighted by Crippen LogP contribution is 2.30. The maximum atomic E-state index is 5.86. The van der Waals surface area contributed by atoms with Crippen LogP contribution >= 0.6 is 15.9 Å². The fourth-order valence-corrected chi connectivity index (χ4v) is 2.53. The smallest absolute Gasteiger partial charge is 0.0207 e. The normalized spacial score (nSPS) is 13.9. The van der Waals surface area contributed by atoms with Crippen LogP contribution < -0.4 is 5.73 Å². The van der Waals surface area contributed by atoms with Gasteiger partial charge in [-0.15, -0.1) is 0 Å². The number of halogens is 1. The van der Waals surface area contributed by atoms with Crippen molar-refractivity contribution in [2.45, 2.75) is 39.7 Å². The Morgan fingerprint density at radius 3 is 2.47 bits per heavy atom. The topological polar surface area (TPSA) is 26.0 Å². The van der Waals surface area contributed by atoms with Gasteiger partial charge < -0.3 is 5.73 Å². The summed E-state index contributed by atoms with van der Waals surface area (Å²) in [6.07, 6.45) is 2.12. The van der Waals surface area contributed by atoms with E-state index in [4.69, 9.17) is 5.73 Å². The van der Waals surface area contributed by atoms with Crippen LogP contribution in [0.3, 0.4) is 0 Å². The molecule has 1 atom stereocenters. The van der Waals surface area contributed by atoms with Crippen molar-refractivity contribution in [3.8, 4) is 0 Å². The van der Waals surface area contributed by atoms with Crippen molar-refractivity contribution in [2.75, 3.05) is 0 Å². The lowest BCUT2D eigenvalue weighted by molar-refractivity contribution is 0.309. The van der Waals surface area contributed by atoms with Gasteiger partial charge in [0.2, 0.25) is 0 Å². The first kappa shape index (κ1) is 12.7. The van der Waals surface area contributed by atoms with Crippen LogP contribution in [0.1, 0.15) is 32.8 Å². The summed E-state index contributed by atoms with van der Waals surface area (Å²) in [6.45, 7) is 6.62. The Kier molecular flexibility index (Phi) is 4.35. The third-order valence-electron chi connectivity index (χ3n) is 2.50. The van der Waals surface area contributed by atoms with E-state index in [1.165, 1.54) is 10.0 Å². The first-order valence-corrected chi connectivity index (χ1v) is 6.19. The molecular formula is C13H20BrN. The molecule has 0 saturated carbocycles. The first-order valence-electron chi connectivity index (χ1n) is 5.40. The molecule has 0 aliphatic heterocycles. The minimum Gasteiger partial charge on any atom is -0.328 e. The van der Waals surface area contributed by atoms with E-state index in [0.29, 0.717) is 0 Å². The Morgan fingerprint density at radius 1 is 1.33 bits per heavy atom. The summed E-state index contributed by atoms with van der Waals surface area (Å²) in [5.74, 6) is 0. The SMILES string of the molecule is CC(N)CC(C)(C)Cc1ccccc1Br. The number of hydrogen-bond donors (Lipinski definition) is 1. The number of hydrogen-bond acceptors (Lipinski definition) is 1. The molecule has 2 N–H and O–H groups in total. The van der Waals surface area contributed by atoms with Crippen molar-refractivity contribution in [1.29, 1.82) is 0 Å². The fourth-order valence-electron chi connectivity index (χ4n) is 2.10. The molecule has 0 aromatic heterocycles. The van der Waals surface area contributed by atoms with Crippen molar-refractivity contribution >= 4 is 15.9 Å². The lowest BCUT2D eigenvalue weighted by atomic mass is 9.80. The molecule has 84 valence electrons. The fraction of sp³-hybridized carbons (Fsp3) is 0.538. The quantitative estimate of drug-likeness (QED) is 0.885. The zero-order chi connectivity index (χ0) is 11.5. The van der Waals surface area contributed by atoms with E-state index in [9.17, 15) is 0 Å². The van der Waals surface area contributed by atoms with E-state index in [1.54, 1.807) is 0 Å². The number of rotatable bonds is 4. The molecule has 1 nitrogen and oxygen atoms in total. The van der Waals surface area contributed by atoms with Gasteiger partial charge in [-0.1, -0.05) is 48.0 Å². The van der Waals surface area contributed by atoms with Gasteiger partial charge in [0.1, 0.15) is 0 Å². The van der Waals surface area contributed by atoms with Crippen LogP contribution in [0.4, 0.5) is 0 Å². The lowest BCUT2D eigenvalue weighted by Gasteiger charge is -2.27. The second kappa shape index (κ2) is 5.13. The van der Waals surface area contributed by atoms with Gasteiger partial charge >= 0.3 is 0 Å². The Labute approximate surface area is 101 Å². The van der Waals surface area contributed by atoms with E-state index in [0.717, 1.165) is 12.8 Å². The van der Waals surface area contributed by atoms with Crippen LogP contribution in [-0.4, -0.2) is 6.04 Å². The Morgan fingerprint density at radius 2 is 1.93 bits per heavy atom. The van der Waals surface area contributed by atoms with Crippen molar-refractivity contribution < 1.29 is 0 Å². The average Bonchev–Trinajstić information content (AvgIpc) is 2.06. The van der Waals surface area contributed by atoms with Crippen LogP contribution in [0.2, 0.25) is 0 Å². The maximum Gasteiger partial charge on any atom is 0.0207 e. The van der Waals surface area contributed by atoms with Gasteiger partial charge in [-0.25, -0.2) is 0 Å². The summed E-state index contributed by atoms with van der Waals surface area (Å²) >= 11 is 3.58. The first-order chi connectivity index (χ1) is 6.91. The zero-order valence-electron chi connectivity index (χ0n) is 9.76. The highest BCUT2D eigenvalue weighted by molar-refractivity contribution is 9.10. The van der Waals surface area contributed by atoms with E-state index in [-0.39, 0.29) is 11.5 Å².